The Hall–Kier alpha value is -0.730. The lowest BCUT2D eigenvalue weighted by Gasteiger charge is -2.05. The van der Waals surface area contributed by atoms with Gasteiger partial charge in [0.15, 0.2) is 0 Å². The van der Waals surface area contributed by atoms with Gasteiger partial charge in [-0.2, -0.15) is 0 Å². The summed E-state index contributed by atoms with van der Waals surface area (Å²) < 4.78 is 4.53. The van der Waals surface area contributed by atoms with E-state index in [1.165, 1.54) is 7.11 Å². The molecule has 0 aromatic heterocycles. The van der Waals surface area contributed by atoms with Crippen LogP contribution in [0.15, 0.2) is 12.1 Å². The lowest BCUT2D eigenvalue weighted by Crippen LogP contribution is -2.03. The Labute approximate surface area is 100 Å². The molecule has 1 aromatic carbocycles. The molecule has 0 aliphatic rings. The Bertz CT molecular complexity index is 325. The van der Waals surface area contributed by atoms with E-state index in [2.05, 4.69) is 4.74 Å². The van der Waals surface area contributed by atoms with Gasteiger partial charge in [0, 0.05) is 0 Å². The number of hydrogen-bond acceptors (Lipinski definition) is 2. The Morgan fingerprint density at radius 3 is 1.93 bits per heavy atom. The van der Waals surface area contributed by atoms with E-state index in [0.29, 0.717) is 10.0 Å². The van der Waals surface area contributed by atoms with Gasteiger partial charge in [-0.15, -0.1) is 0 Å². The van der Waals surface area contributed by atoms with Crippen molar-refractivity contribution in [3.05, 3.63) is 33.3 Å². The van der Waals surface area contributed by atoms with Gasteiger partial charge in [-0.05, 0) is 24.6 Å². The Morgan fingerprint density at radius 1 is 1.20 bits per heavy atom. The van der Waals surface area contributed by atoms with Crippen molar-refractivity contribution in [1.29, 1.82) is 0 Å². The van der Waals surface area contributed by atoms with Crippen molar-refractivity contribution in [2.45, 2.75) is 20.8 Å². The number of benzene rings is 1. The summed E-state index contributed by atoms with van der Waals surface area (Å²) in [6, 6.07) is 3.33. The zero-order chi connectivity index (χ0) is 12.0. The molecule has 1 aromatic rings. The van der Waals surface area contributed by atoms with Gasteiger partial charge in [0.1, 0.15) is 0 Å². The van der Waals surface area contributed by atoms with E-state index in [-0.39, 0.29) is 5.56 Å². The molecule has 0 radical (unpaired) electrons. The Balaban J connectivity index is 0.000000921. The summed E-state index contributed by atoms with van der Waals surface area (Å²) in [4.78, 5) is 11.2. The van der Waals surface area contributed by atoms with Crippen LogP contribution < -0.4 is 0 Å². The smallest absolute Gasteiger partial charge is 0.340 e. The van der Waals surface area contributed by atoms with E-state index >= 15 is 0 Å². The molecule has 0 aliphatic heterocycles. The highest BCUT2D eigenvalue weighted by Gasteiger charge is 2.15. The van der Waals surface area contributed by atoms with Gasteiger partial charge in [-0.3, -0.25) is 0 Å². The van der Waals surface area contributed by atoms with Gasteiger partial charge in [0.25, 0.3) is 0 Å². The first kappa shape index (κ1) is 14.3. The van der Waals surface area contributed by atoms with E-state index in [9.17, 15) is 4.79 Å². The highest BCUT2D eigenvalue weighted by Crippen LogP contribution is 2.26. The third kappa shape index (κ3) is 3.73. The minimum atomic E-state index is -0.519. The van der Waals surface area contributed by atoms with Crippen LogP contribution in [0.1, 0.15) is 29.8 Å². The van der Waals surface area contributed by atoms with Crippen LogP contribution in [0, 0.1) is 6.92 Å². The molecule has 0 fully saturated rings. The molecular weight excluding hydrogens is 235 g/mol. The second-order valence-corrected chi connectivity index (χ2v) is 3.41. The number of esters is 1. The molecule has 2 nitrogen and oxygen atoms in total. The molecule has 0 aliphatic carbocycles. The van der Waals surface area contributed by atoms with E-state index in [0.717, 1.165) is 5.56 Å². The zero-order valence-corrected chi connectivity index (χ0v) is 10.7. The van der Waals surface area contributed by atoms with E-state index in [1.807, 2.05) is 20.8 Å². The predicted molar refractivity (Wildman–Crippen MR) is 63.9 cm³/mol. The molecule has 0 N–H and O–H groups in total. The first-order chi connectivity index (χ1) is 7.06. The maximum absolute atomic E-state index is 11.2. The highest BCUT2D eigenvalue weighted by molar-refractivity contribution is 6.39. The fourth-order valence-corrected chi connectivity index (χ4v) is 1.75. The number of ether oxygens (including phenoxy) is 1. The summed E-state index contributed by atoms with van der Waals surface area (Å²) in [5.41, 5.74) is 1.12. The minimum Gasteiger partial charge on any atom is -0.465 e. The number of methoxy groups -OCH3 is 1. The summed E-state index contributed by atoms with van der Waals surface area (Å²) >= 11 is 11.6. The average molecular weight is 249 g/mol. The van der Waals surface area contributed by atoms with Crippen LogP contribution in [0.25, 0.3) is 0 Å². The van der Waals surface area contributed by atoms with Gasteiger partial charge in [0.05, 0.1) is 22.7 Å². The first-order valence-electron chi connectivity index (χ1n) is 4.60. The first-order valence-corrected chi connectivity index (χ1v) is 5.36. The van der Waals surface area contributed by atoms with Crippen molar-refractivity contribution in [2.24, 2.45) is 0 Å². The second kappa shape index (κ2) is 6.70. The topological polar surface area (TPSA) is 26.3 Å². The summed E-state index contributed by atoms with van der Waals surface area (Å²) in [5.74, 6) is -0.519. The van der Waals surface area contributed by atoms with Gasteiger partial charge in [-0.1, -0.05) is 37.0 Å². The molecule has 0 saturated heterocycles. The molecule has 0 unspecified atom stereocenters. The lowest BCUT2D eigenvalue weighted by molar-refractivity contribution is 0.0601. The van der Waals surface area contributed by atoms with Crippen LogP contribution in [0.2, 0.25) is 10.0 Å². The number of aryl methyl sites for hydroxylation is 1. The molecule has 1 rings (SSSR count). The quantitative estimate of drug-likeness (QED) is 0.700. The standard InChI is InChI=1S/C9H8Cl2O2.C2H6/c1-5-3-6(10)8(7(11)4-5)9(12)13-2;1-2/h3-4H,1-2H3;1-2H3. The molecule has 0 spiro atoms. The SMILES string of the molecule is CC.COC(=O)c1c(Cl)cc(C)cc1Cl. The summed E-state index contributed by atoms with van der Waals surface area (Å²) in [7, 11) is 1.29. The largest absolute Gasteiger partial charge is 0.465 e. The van der Waals surface area contributed by atoms with E-state index < -0.39 is 5.97 Å². The Morgan fingerprint density at radius 2 is 1.60 bits per heavy atom. The Kier molecular flexibility index (Phi) is 6.37. The molecular formula is C11H14Cl2O2. The van der Waals surface area contributed by atoms with Crippen molar-refractivity contribution < 1.29 is 9.53 Å². The fraction of sp³-hybridized carbons (Fsp3) is 0.364. The monoisotopic (exact) mass is 248 g/mol. The van der Waals surface area contributed by atoms with Crippen LogP contribution in [0.4, 0.5) is 0 Å². The third-order valence-electron chi connectivity index (χ3n) is 1.58. The van der Waals surface area contributed by atoms with Gasteiger partial charge < -0.3 is 4.74 Å². The van der Waals surface area contributed by atoms with Crippen LogP contribution >= 0.6 is 23.2 Å². The number of rotatable bonds is 1. The molecule has 0 bridgehead atoms. The maximum atomic E-state index is 11.2. The third-order valence-corrected chi connectivity index (χ3v) is 2.17. The van der Waals surface area contributed by atoms with Crippen LogP contribution in [0.5, 0.6) is 0 Å². The summed E-state index contributed by atoms with van der Waals surface area (Å²) in [6.45, 7) is 5.85. The normalized spacial score (nSPS) is 8.93. The zero-order valence-electron chi connectivity index (χ0n) is 9.23. The maximum Gasteiger partial charge on any atom is 0.340 e. The van der Waals surface area contributed by atoms with Crippen molar-refractivity contribution in [2.75, 3.05) is 7.11 Å². The number of hydrogen-bond donors (Lipinski definition) is 0. The van der Waals surface area contributed by atoms with Crippen molar-refractivity contribution in [3.8, 4) is 0 Å². The number of carbonyl (C=O) groups excluding carboxylic acids is 1. The fourth-order valence-electron chi connectivity index (χ4n) is 0.997. The number of carbonyl (C=O) groups is 1. The second-order valence-electron chi connectivity index (χ2n) is 2.60. The number of halogens is 2. The molecule has 15 heavy (non-hydrogen) atoms. The minimum absolute atomic E-state index is 0.219. The predicted octanol–water partition coefficient (Wildman–Crippen LogP) is 4.11. The molecule has 4 heteroatoms. The van der Waals surface area contributed by atoms with Crippen LogP contribution in [-0.4, -0.2) is 13.1 Å². The van der Waals surface area contributed by atoms with Crippen molar-refractivity contribution in [3.63, 3.8) is 0 Å². The van der Waals surface area contributed by atoms with Crippen molar-refractivity contribution >= 4 is 29.2 Å². The molecule has 0 amide bonds. The molecule has 0 saturated carbocycles. The van der Waals surface area contributed by atoms with Crippen LogP contribution in [-0.2, 0) is 4.74 Å². The molecule has 0 atom stereocenters. The van der Waals surface area contributed by atoms with E-state index in [4.69, 9.17) is 23.2 Å². The summed E-state index contributed by atoms with van der Waals surface area (Å²) in [5, 5.41) is 0.633. The van der Waals surface area contributed by atoms with Gasteiger partial charge in [0.2, 0.25) is 0 Å². The molecule has 0 heterocycles. The molecule has 84 valence electrons. The summed E-state index contributed by atoms with van der Waals surface area (Å²) in [6.07, 6.45) is 0. The van der Waals surface area contributed by atoms with Gasteiger partial charge in [-0.25, -0.2) is 4.79 Å². The van der Waals surface area contributed by atoms with Crippen molar-refractivity contribution in [1.82, 2.24) is 0 Å². The average Bonchev–Trinajstić information content (AvgIpc) is 2.19. The van der Waals surface area contributed by atoms with Gasteiger partial charge >= 0.3 is 5.97 Å². The highest BCUT2D eigenvalue weighted by atomic mass is 35.5. The lowest BCUT2D eigenvalue weighted by atomic mass is 10.1. The van der Waals surface area contributed by atoms with Crippen LogP contribution in [0.3, 0.4) is 0 Å². The van der Waals surface area contributed by atoms with E-state index in [1.54, 1.807) is 12.1 Å².